The lowest BCUT2D eigenvalue weighted by molar-refractivity contribution is -0.116. The minimum Gasteiger partial charge on any atom is -0.453 e. The highest BCUT2D eigenvalue weighted by Gasteiger charge is 2.11. The van der Waals surface area contributed by atoms with Crippen LogP contribution in [-0.2, 0) is 9.53 Å². The smallest absolute Gasteiger partial charge is 0.406 e. The van der Waals surface area contributed by atoms with Crippen LogP contribution >= 0.6 is 11.6 Å². The van der Waals surface area contributed by atoms with Gasteiger partial charge in [0.15, 0.2) is 0 Å². The van der Waals surface area contributed by atoms with Crippen molar-refractivity contribution in [2.75, 3.05) is 57.0 Å². The van der Waals surface area contributed by atoms with Crippen molar-refractivity contribution < 1.29 is 18.7 Å². The van der Waals surface area contributed by atoms with E-state index in [2.05, 4.69) is 35.9 Å². The molecule has 218 valence electrons. The molecule has 1 aromatic carbocycles. The summed E-state index contributed by atoms with van der Waals surface area (Å²) >= 11 is 5.98. The molecule has 13 heteroatoms. The molecule has 2 rings (SSSR count). The normalized spacial score (nSPS) is 12.1. The van der Waals surface area contributed by atoms with Gasteiger partial charge < -0.3 is 42.4 Å². The van der Waals surface area contributed by atoms with Gasteiger partial charge in [0.2, 0.25) is 5.91 Å². The van der Waals surface area contributed by atoms with E-state index in [1.165, 1.54) is 31.4 Å². The maximum atomic E-state index is 14.2. The molecule has 0 radical (unpaired) electrons. The van der Waals surface area contributed by atoms with Gasteiger partial charge in [0.05, 0.1) is 12.8 Å². The zero-order valence-electron chi connectivity index (χ0n) is 23.0. The summed E-state index contributed by atoms with van der Waals surface area (Å²) in [7, 11) is 1.32. The first kappa shape index (κ1) is 32.3. The number of likely N-dealkylation sites (N-methyl/N-ethyl adjacent to an activating group) is 1. The van der Waals surface area contributed by atoms with Crippen molar-refractivity contribution >= 4 is 40.8 Å². The monoisotopic (exact) mass is 576 g/mol. The topological polar surface area (TPSA) is 160 Å². The third-order valence-electron chi connectivity index (χ3n) is 5.73. The second-order valence-corrected chi connectivity index (χ2v) is 9.21. The molecule has 0 aliphatic heterocycles. The molecule has 11 nitrogen and oxygen atoms in total. The van der Waals surface area contributed by atoms with Gasteiger partial charge in [-0.1, -0.05) is 18.5 Å². The fourth-order valence-corrected chi connectivity index (χ4v) is 3.69. The largest absolute Gasteiger partial charge is 0.453 e. The van der Waals surface area contributed by atoms with Crippen LogP contribution < -0.4 is 32.7 Å². The molecule has 2 aromatic rings. The van der Waals surface area contributed by atoms with E-state index in [1.54, 1.807) is 25.3 Å². The van der Waals surface area contributed by atoms with Gasteiger partial charge in [-0.25, -0.2) is 14.2 Å². The number of allylic oxidation sites excluding steroid dienone is 2. The Kier molecular flexibility index (Phi) is 13.7. The predicted octanol–water partition coefficient (Wildman–Crippen LogP) is 3.07. The Hall–Kier alpha value is -3.87. The van der Waals surface area contributed by atoms with Crippen molar-refractivity contribution in [2.24, 2.45) is 11.5 Å². The molecule has 8 N–H and O–H groups in total. The number of nitrogens with two attached hydrogens (primary N) is 2. The van der Waals surface area contributed by atoms with Crippen LogP contribution in [0.2, 0.25) is 5.02 Å². The highest BCUT2D eigenvalue weighted by Crippen LogP contribution is 2.22. The quantitative estimate of drug-likeness (QED) is 0.138. The van der Waals surface area contributed by atoms with Crippen molar-refractivity contribution in [3.05, 3.63) is 70.4 Å². The van der Waals surface area contributed by atoms with E-state index in [9.17, 15) is 14.0 Å². The molecule has 2 amide bonds. The van der Waals surface area contributed by atoms with Gasteiger partial charge in [0.1, 0.15) is 11.6 Å². The maximum Gasteiger partial charge on any atom is 0.406 e. The lowest BCUT2D eigenvalue weighted by Crippen LogP contribution is -2.37. The van der Waals surface area contributed by atoms with Crippen molar-refractivity contribution in [1.82, 2.24) is 20.5 Å². The minimum atomic E-state index is -0.507. The zero-order chi connectivity index (χ0) is 29.5. The number of nitrogens with zero attached hydrogens (tertiary/aromatic N) is 2. The summed E-state index contributed by atoms with van der Waals surface area (Å²) in [4.78, 5) is 30.0. The summed E-state index contributed by atoms with van der Waals surface area (Å²) in [6.45, 7) is 7.62. The number of hydrogen-bond acceptors (Lipinski definition) is 9. The van der Waals surface area contributed by atoms with Gasteiger partial charge in [-0.3, -0.25) is 4.79 Å². The van der Waals surface area contributed by atoms with Gasteiger partial charge in [0, 0.05) is 79.1 Å². The third-order valence-corrected chi connectivity index (χ3v) is 5.97. The van der Waals surface area contributed by atoms with E-state index < -0.39 is 11.9 Å². The number of halogens is 2. The SMILES string of the molecule is CCN(CCNCCNC(=O)OC)CCC(=O)Nc1cc(NC(/C=C(\N)c2cc(Cl)ccc2F)=C(\C)N)ccn1. The van der Waals surface area contributed by atoms with Crippen LogP contribution in [0.3, 0.4) is 0 Å². The van der Waals surface area contributed by atoms with Crippen LogP contribution in [-0.4, -0.2) is 68.3 Å². The first-order chi connectivity index (χ1) is 19.1. The van der Waals surface area contributed by atoms with Crippen LogP contribution in [0.25, 0.3) is 5.70 Å². The van der Waals surface area contributed by atoms with E-state index in [0.717, 1.165) is 13.1 Å². The van der Waals surface area contributed by atoms with Crippen molar-refractivity contribution in [2.45, 2.75) is 20.3 Å². The molecule has 0 saturated carbocycles. The number of hydrogen-bond donors (Lipinski definition) is 6. The van der Waals surface area contributed by atoms with Gasteiger partial charge in [0.25, 0.3) is 0 Å². The van der Waals surface area contributed by atoms with Crippen LogP contribution in [0.5, 0.6) is 0 Å². The summed E-state index contributed by atoms with van der Waals surface area (Å²) in [6, 6.07) is 7.49. The number of pyridine rings is 1. The average Bonchev–Trinajstić information content (AvgIpc) is 2.93. The number of methoxy groups -OCH3 is 1. The number of amides is 2. The Bertz CT molecular complexity index is 1200. The van der Waals surface area contributed by atoms with Crippen LogP contribution in [0.4, 0.5) is 20.7 Å². The fraction of sp³-hybridized carbons (Fsp3) is 0.370. The molecule has 0 fully saturated rings. The number of aromatic nitrogens is 1. The Morgan fingerprint density at radius 2 is 1.90 bits per heavy atom. The summed E-state index contributed by atoms with van der Waals surface area (Å²) < 4.78 is 18.7. The van der Waals surface area contributed by atoms with Gasteiger partial charge in [-0.2, -0.15) is 0 Å². The minimum absolute atomic E-state index is 0.142. The number of carbonyl (C=O) groups excluding carboxylic acids is 2. The van der Waals surface area contributed by atoms with Gasteiger partial charge >= 0.3 is 6.09 Å². The molecule has 0 unspecified atom stereocenters. The number of nitrogens with one attached hydrogen (secondary N) is 4. The fourth-order valence-electron chi connectivity index (χ4n) is 3.51. The number of alkyl carbamates (subject to hydrolysis) is 1. The molecule has 0 aliphatic carbocycles. The standard InChI is InChI=1S/C27H38ClFN8O3/c1-4-37(14-12-32-10-11-34-27(39)40-3)13-8-26(38)36-25-16-20(7-9-33-25)35-24(18(2)30)17-23(31)21-15-19(28)5-6-22(21)29/h5-7,9,15-17,32H,4,8,10-14,30-31H2,1-3H3,(H,34,39)(H2,33,35,36,38)/b23-17-,24-18+. The Morgan fingerprint density at radius 3 is 2.60 bits per heavy atom. The number of carbonyl (C=O) groups is 2. The number of ether oxygens (including phenoxy) is 1. The van der Waals surface area contributed by atoms with E-state index >= 15 is 0 Å². The van der Waals surface area contributed by atoms with Gasteiger partial charge in [-0.05, 0) is 43.8 Å². The molecule has 0 atom stereocenters. The first-order valence-corrected chi connectivity index (χ1v) is 13.2. The lowest BCUT2D eigenvalue weighted by atomic mass is 10.1. The summed E-state index contributed by atoms with van der Waals surface area (Å²) in [5, 5.41) is 12.1. The van der Waals surface area contributed by atoms with Crippen molar-refractivity contribution in [3.8, 4) is 0 Å². The molecular formula is C27H38ClFN8O3. The van der Waals surface area contributed by atoms with Crippen LogP contribution in [0, 0.1) is 5.82 Å². The van der Waals surface area contributed by atoms with E-state index in [-0.39, 0.29) is 23.6 Å². The zero-order valence-corrected chi connectivity index (χ0v) is 23.8. The average molecular weight is 577 g/mol. The van der Waals surface area contributed by atoms with E-state index in [4.69, 9.17) is 23.1 Å². The second-order valence-electron chi connectivity index (χ2n) is 8.78. The highest BCUT2D eigenvalue weighted by atomic mass is 35.5. The Morgan fingerprint density at radius 1 is 1.12 bits per heavy atom. The third kappa shape index (κ3) is 11.5. The summed E-state index contributed by atoms with van der Waals surface area (Å²) in [5.74, 6) is -0.318. The molecule has 1 aromatic heterocycles. The molecule has 1 heterocycles. The van der Waals surface area contributed by atoms with E-state index in [0.29, 0.717) is 54.1 Å². The number of anilines is 2. The highest BCUT2D eigenvalue weighted by molar-refractivity contribution is 6.30. The van der Waals surface area contributed by atoms with Crippen LogP contribution in [0.15, 0.2) is 54.0 Å². The maximum absolute atomic E-state index is 14.2. The van der Waals surface area contributed by atoms with Crippen molar-refractivity contribution in [1.29, 1.82) is 0 Å². The molecule has 0 saturated heterocycles. The molecule has 40 heavy (non-hydrogen) atoms. The molecule has 0 aliphatic rings. The second kappa shape index (κ2) is 17.0. The first-order valence-electron chi connectivity index (χ1n) is 12.8. The number of rotatable bonds is 15. The molecule has 0 spiro atoms. The summed E-state index contributed by atoms with van der Waals surface area (Å²) in [5.41, 5.74) is 13.9. The predicted molar refractivity (Wildman–Crippen MR) is 157 cm³/mol. The van der Waals surface area contributed by atoms with Crippen LogP contribution in [0.1, 0.15) is 25.8 Å². The molecular weight excluding hydrogens is 539 g/mol. The van der Waals surface area contributed by atoms with E-state index in [1.807, 2.05) is 6.92 Å². The number of benzene rings is 1. The summed E-state index contributed by atoms with van der Waals surface area (Å²) in [6.07, 6.45) is 2.89. The van der Waals surface area contributed by atoms with Crippen molar-refractivity contribution in [3.63, 3.8) is 0 Å². The Balaban J connectivity index is 1.90. The Labute approximate surface area is 239 Å². The van der Waals surface area contributed by atoms with Gasteiger partial charge in [-0.15, -0.1) is 0 Å². The molecule has 0 bridgehead atoms. The lowest BCUT2D eigenvalue weighted by Gasteiger charge is -2.20.